The summed E-state index contributed by atoms with van der Waals surface area (Å²) < 4.78 is 5.89. The van der Waals surface area contributed by atoms with Crippen molar-refractivity contribution in [1.82, 2.24) is 15.5 Å². The molecule has 1 fully saturated rings. The number of guanidine groups is 1. The van der Waals surface area contributed by atoms with Crippen LogP contribution in [0.1, 0.15) is 58.1 Å². The maximum atomic E-state index is 11.6. The monoisotopic (exact) mass is 402 g/mol. The number of carbonyl (C=O) groups is 1. The van der Waals surface area contributed by atoms with E-state index >= 15 is 0 Å². The predicted octanol–water partition coefficient (Wildman–Crippen LogP) is 3.32. The first kappa shape index (κ1) is 23.2. The van der Waals surface area contributed by atoms with Crippen LogP contribution in [0.3, 0.4) is 0 Å². The molecule has 0 atom stereocenters. The van der Waals surface area contributed by atoms with E-state index in [-0.39, 0.29) is 11.5 Å². The number of rotatable bonds is 7. The van der Waals surface area contributed by atoms with Crippen LogP contribution in [0.4, 0.5) is 0 Å². The molecule has 0 unspecified atom stereocenters. The normalized spacial score (nSPS) is 16.0. The molecule has 1 aliphatic heterocycles. The van der Waals surface area contributed by atoms with Gasteiger partial charge >= 0.3 is 0 Å². The van der Waals surface area contributed by atoms with Crippen molar-refractivity contribution in [2.24, 2.45) is 10.9 Å². The van der Waals surface area contributed by atoms with E-state index in [1.54, 1.807) is 7.05 Å². The Bertz CT molecular complexity index is 674. The van der Waals surface area contributed by atoms with Gasteiger partial charge in [0, 0.05) is 33.1 Å². The van der Waals surface area contributed by atoms with Crippen molar-refractivity contribution in [2.45, 2.75) is 65.7 Å². The summed E-state index contributed by atoms with van der Waals surface area (Å²) >= 11 is 0. The second-order valence-electron chi connectivity index (χ2n) is 8.70. The molecule has 0 bridgehead atoms. The van der Waals surface area contributed by atoms with Crippen LogP contribution in [-0.2, 0) is 22.7 Å². The van der Waals surface area contributed by atoms with Gasteiger partial charge in [0.15, 0.2) is 5.96 Å². The molecule has 1 saturated heterocycles. The first-order chi connectivity index (χ1) is 13.8. The largest absolute Gasteiger partial charge is 0.371 e. The third kappa shape index (κ3) is 8.44. The van der Waals surface area contributed by atoms with Crippen LogP contribution in [0, 0.1) is 5.92 Å². The number of benzene rings is 1. The van der Waals surface area contributed by atoms with E-state index in [4.69, 9.17) is 9.73 Å². The van der Waals surface area contributed by atoms with Crippen molar-refractivity contribution in [1.29, 1.82) is 0 Å². The Morgan fingerprint density at radius 2 is 1.93 bits per heavy atom. The van der Waals surface area contributed by atoms with Gasteiger partial charge in [-0.15, -0.1) is 0 Å². The third-order valence-electron chi connectivity index (χ3n) is 5.08. The van der Waals surface area contributed by atoms with Crippen LogP contribution >= 0.6 is 0 Å². The lowest BCUT2D eigenvalue weighted by Crippen LogP contribution is -2.46. The number of likely N-dealkylation sites (tertiary alicyclic amines) is 1. The summed E-state index contributed by atoms with van der Waals surface area (Å²) in [4.78, 5) is 18.8. The Kier molecular flexibility index (Phi) is 8.96. The first-order valence-corrected chi connectivity index (χ1v) is 10.8. The molecule has 2 rings (SSSR count). The molecule has 0 radical (unpaired) electrons. The summed E-state index contributed by atoms with van der Waals surface area (Å²) in [6.45, 7) is 12.3. The van der Waals surface area contributed by atoms with E-state index < -0.39 is 0 Å². The maximum absolute atomic E-state index is 11.6. The summed E-state index contributed by atoms with van der Waals surface area (Å²) in [6, 6.07) is 8.46. The van der Waals surface area contributed by atoms with Crippen molar-refractivity contribution < 1.29 is 9.53 Å². The maximum Gasteiger partial charge on any atom is 0.220 e. The lowest BCUT2D eigenvalue weighted by atomic mass is 9.93. The quantitative estimate of drug-likeness (QED) is 0.542. The molecule has 0 aliphatic carbocycles. The highest BCUT2D eigenvalue weighted by Gasteiger charge is 2.23. The molecule has 29 heavy (non-hydrogen) atoms. The van der Waals surface area contributed by atoms with Gasteiger partial charge < -0.3 is 20.3 Å². The highest BCUT2D eigenvalue weighted by atomic mass is 16.5. The minimum absolute atomic E-state index is 0.138. The Morgan fingerprint density at radius 1 is 1.24 bits per heavy atom. The minimum atomic E-state index is -0.143. The number of amides is 1. The smallest absolute Gasteiger partial charge is 0.220 e. The number of hydrogen-bond acceptors (Lipinski definition) is 3. The van der Waals surface area contributed by atoms with E-state index in [0.29, 0.717) is 25.5 Å². The predicted molar refractivity (Wildman–Crippen MR) is 119 cm³/mol. The van der Waals surface area contributed by atoms with Gasteiger partial charge in [0.2, 0.25) is 5.91 Å². The number of nitrogens with one attached hydrogen (secondary N) is 2. The molecule has 1 heterocycles. The molecular formula is C23H38N4O2. The molecule has 1 amide bonds. The highest BCUT2D eigenvalue weighted by molar-refractivity contribution is 5.80. The van der Waals surface area contributed by atoms with Gasteiger partial charge in [0.25, 0.3) is 0 Å². The summed E-state index contributed by atoms with van der Waals surface area (Å²) in [7, 11) is 1.71. The van der Waals surface area contributed by atoms with E-state index in [0.717, 1.165) is 38.4 Å². The van der Waals surface area contributed by atoms with E-state index in [9.17, 15) is 4.79 Å². The summed E-state index contributed by atoms with van der Waals surface area (Å²) in [6.07, 6.45) is 2.68. The van der Waals surface area contributed by atoms with Crippen molar-refractivity contribution >= 4 is 11.9 Å². The summed E-state index contributed by atoms with van der Waals surface area (Å²) in [5, 5.41) is 6.15. The Morgan fingerprint density at radius 3 is 2.55 bits per heavy atom. The van der Waals surface area contributed by atoms with Gasteiger partial charge in [-0.2, -0.15) is 0 Å². The molecule has 1 aliphatic rings. The van der Waals surface area contributed by atoms with Gasteiger partial charge in [0.05, 0.1) is 18.8 Å². The topological polar surface area (TPSA) is 66.0 Å². The standard InChI is InChI=1S/C23H38N4O2/c1-6-25-22(27-12-10-18(11-13-27)15-21(28)24-5)26-16-19-8-7-9-20(14-19)17-29-23(2,3)4/h7-9,14,18H,6,10-13,15-17H2,1-5H3,(H,24,28)(H,25,26). The molecule has 162 valence electrons. The van der Waals surface area contributed by atoms with Crippen LogP contribution in [-0.4, -0.2) is 49.0 Å². The average molecular weight is 403 g/mol. The molecule has 0 saturated carbocycles. The Labute approximate surface area is 176 Å². The number of hydrogen-bond donors (Lipinski definition) is 2. The van der Waals surface area contributed by atoms with Gasteiger partial charge in [-0.05, 0) is 57.6 Å². The van der Waals surface area contributed by atoms with E-state index in [1.165, 1.54) is 11.1 Å². The second-order valence-corrected chi connectivity index (χ2v) is 8.70. The number of nitrogens with zero attached hydrogens (tertiary/aromatic N) is 2. The van der Waals surface area contributed by atoms with Crippen molar-refractivity contribution in [2.75, 3.05) is 26.7 Å². The van der Waals surface area contributed by atoms with Crippen LogP contribution in [0.5, 0.6) is 0 Å². The van der Waals surface area contributed by atoms with Crippen molar-refractivity contribution in [3.63, 3.8) is 0 Å². The zero-order chi connectivity index (χ0) is 21.3. The summed E-state index contributed by atoms with van der Waals surface area (Å²) in [5.74, 6) is 1.56. The fourth-order valence-corrected chi connectivity index (χ4v) is 3.42. The van der Waals surface area contributed by atoms with Gasteiger partial charge in [-0.3, -0.25) is 4.79 Å². The number of piperidine rings is 1. The lowest BCUT2D eigenvalue weighted by molar-refractivity contribution is -0.121. The van der Waals surface area contributed by atoms with Crippen molar-refractivity contribution in [3.05, 3.63) is 35.4 Å². The SMILES string of the molecule is CCNC(=NCc1cccc(COC(C)(C)C)c1)N1CCC(CC(=O)NC)CC1. The van der Waals surface area contributed by atoms with E-state index in [1.807, 2.05) is 0 Å². The van der Waals surface area contributed by atoms with Crippen molar-refractivity contribution in [3.8, 4) is 0 Å². The summed E-state index contributed by atoms with van der Waals surface area (Å²) in [5.41, 5.74) is 2.22. The third-order valence-corrected chi connectivity index (χ3v) is 5.08. The Hall–Kier alpha value is -2.08. The fraction of sp³-hybridized carbons (Fsp3) is 0.652. The zero-order valence-electron chi connectivity index (χ0n) is 18.8. The van der Waals surface area contributed by atoms with Gasteiger partial charge in [-0.25, -0.2) is 4.99 Å². The number of carbonyl (C=O) groups excluding carboxylic acids is 1. The fourth-order valence-electron chi connectivity index (χ4n) is 3.42. The first-order valence-electron chi connectivity index (χ1n) is 10.8. The minimum Gasteiger partial charge on any atom is -0.371 e. The molecular weight excluding hydrogens is 364 g/mol. The highest BCUT2D eigenvalue weighted by Crippen LogP contribution is 2.21. The lowest BCUT2D eigenvalue weighted by Gasteiger charge is -2.34. The van der Waals surface area contributed by atoms with Gasteiger partial charge in [0.1, 0.15) is 0 Å². The number of ether oxygens (including phenoxy) is 1. The molecule has 6 heteroatoms. The second kappa shape index (κ2) is 11.2. The molecule has 0 aromatic heterocycles. The van der Waals surface area contributed by atoms with Crippen LogP contribution < -0.4 is 10.6 Å². The molecule has 6 nitrogen and oxygen atoms in total. The van der Waals surface area contributed by atoms with Crippen LogP contribution in [0.15, 0.2) is 29.3 Å². The Balaban J connectivity index is 1.95. The molecule has 1 aromatic rings. The number of aliphatic imine (C=N–C) groups is 1. The average Bonchev–Trinajstić information content (AvgIpc) is 2.70. The van der Waals surface area contributed by atoms with Crippen LogP contribution in [0.25, 0.3) is 0 Å². The van der Waals surface area contributed by atoms with Crippen LogP contribution in [0.2, 0.25) is 0 Å². The molecule has 0 spiro atoms. The zero-order valence-corrected chi connectivity index (χ0v) is 18.8. The van der Waals surface area contributed by atoms with E-state index in [2.05, 4.69) is 67.5 Å². The van der Waals surface area contributed by atoms with Gasteiger partial charge in [-0.1, -0.05) is 24.3 Å². The molecule has 2 N–H and O–H groups in total. The molecule has 1 aromatic carbocycles.